The molecule has 1 fully saturated rings. The van der Waals surface area contributed by atoms with Gasteiger partial charge >= 0.3 is 5.76 Å². The van der Waals surface area contributed by atoms with Gasteiger partial charge in [-0.25, -0.2) is 13.2 Å². The second-order valence-electron chi connectivity index (χ2n) is 6.24. The van der Waals surface area contributed by atoms with Crippen molar-refractivity contribution in [1.29, 1.82) is 0 Å². The number of piperazine rings is 1. The van der Waals surface area contributed by atoms with Gasteiger partial charge in [-0.15, -0.1) is 0 Å². The smallest absolute Gasteiger partial charge is 0.408 e. The Labute approximate surface area is 151 Å². The summed E-state index contributed by atoms with van der Waals surface area (Å²) >= 11 is 0. The lowest BCUT2D eigenvalue weighted by molar-refractivity contribution is 0.150. The summed E-state index contributed by atoms with van der Waals surface area (Å²) in [6.07, 6.45) is 0. The molecule has 2 heterocycles. The van der Waals surface area contributed by atoms with Crippen LogP contribution in [0.3, 0.4) is 0 Å². The number of hydrogen-bond donors (Lipinski definition) is 0. The highest BCUT2D eigenvalue weighted by Crippen LogP contribution is 2.18. The third kappa shape index (κ3) is 3.07. The van der Waals surface area contributed by atoms with Gasteiger partial charge in [0.15, 0.2) is 5.58 Å². The van der Waals surface area contributed by atoms with Crippen molar-refractivity contribution < 1.29 is 12.8 Å². The molecule has 0 atom stereocenters. The average molecular weight is 373 g/mol. The van der Waals surface area contributed by atoms with Crippen molar-refractivity contribution in [3.8, 4) is 0 Å². The van der Waals surface area contributed by atoms with E-state index in [2.05, 4.69) is 4.90 Å². The fourth-order valence-corrected chi connectivity index (χ4v) is 4.64. The lowest BCUT2D eigenvalue weighted by Crippen LogP contribution is -2.49. The van der Waals surface area contributed by atoms with Crippen LogP contribution < -0.4 is 5.76 Å². The van der Waals surface area contributed by atoms with E-state index in [1.54, 1.807) is 41.0 Å². The Bertz CT molecular complexity index is 1060. The Morgan fingerprint density at radius 1 is 0.885 bits per heavy atom. The highest BCUT2D eigenvalue weighted by molar-refractivity contribution is 7.89. The number of nitrogens with zero attached hydrogens (tertiary/aromatic N) is 3. The number of rotatable bonds is 4. The summed E-state index contributed by atoms with van der Waals surface area (Å²) in [4.78, 5) is 14.5. The number of hydrogen-bond acceptors (Lipinski definition) is 5. The van der Waals surface area contributed by atoms with Gasteiger partial charge in [-0.1, -0.05) is 30.3 Å². The Balaban J connectivity index is 1.47. The van der Waals surface area contributed by atoms with Crippen molar-refractivity contribution in [2.24, 2.45) is 0 Å². The average Bonchev–Trinajstić information content (AvgIpc) is 2.98. The van der Waals surface area contributed by atoms with E-state index in [1.807, 2.05) is 18.2 Å². The molecule has 4 rings (SSSR count). The van der Waals surface area contributed by atoms with Crippen LogP contribution in [0.5, 0.6) is 0 Å². The zero-order chi connectivity index (χ0) is 18.1. The molecule has 7 nitrogen and oxygen atoms in total. The molecule has 0 spiro atoms. The van der Waals surface area contributed by atoms with Crippen LogP contribution in [0.1, 0.15) is 0 Å². The third-order valence-corrected chi connectivity index (χ3v) is 6.54. The molecule has 2 aromatic carbocycles. The molecule has 0 radical (unpaired) electrons. The summed E-state index contributed by atoms with van der Waals surface area (Å²) < 4.78 is 33.7. The molecule has 1 aliphatic rings. The first-order valence-electron chi connectivity index (χ1n) is 8.42. The van der Waals surface area contributed by atoms with Gasteiger partial charge in [-0.3, -0.25) is 9.47 Å². The predicted octanol–water partition coefficient (Wildman–Crippen LogP) is 1.56. The minimum atomic E-state index is -3.47. The number of para-hydroxylation sites is 2. The van der Waals surface area contributed by atoms with Crippen LogP contribution in [0.4, 0.5) is 0 Å². The fraction of sp³-hybridized carbons (Fsp3) is 0.278. The van der Waals surface area contributed by atoms with Gasteiger partial charge < -0.3 is 4.42 Å². The lowest BCUT2D eigenvalue weighted by Gasteiger charge is -2.33. The van der Waals surface area contributed by atoms with E-state index in [9.17, 15) is 13.2 Å². The zero-order valence-corrected chi connectivity index (χ0v) is 14.9. The molecule has 0 amide bonds. The largest absolute Gasteiger partial charge is 0.421 e. The van der Waals surface area contributed by atoms with E-state index in [1.165, 1.54) is 4.31 Å². The number of benzene rings is 2. The maximum absolute atomic E-state index is 12.7. The normalized spacial score (nSPS) is 16.9. The number of fused-ring (bicyclic) bond motifs is 1. The molecule has 0 N–H and O–H groups in total. The molecule has 0 bridgehead atoms. The van der Waals surface area contributed by atoms with E-state index < -0.39 is 15.8 Å². The minimum Gasteiger partial charge on any atom is -0.408 e. The highest BCUT2D eigenvalue weighted by atomic mass is 32.2. The van der Waals surface area contributed by atoms with Crippen LogP contribution >= 0.6 is 0 Å². The van der Waals surface area contributed by atoms with Gasteiger partial charge in [0.2, 0.25) is 10.0 Å². The van der Waals surface area contributed by atoms with Crippen LogP contribution in [0.25, 0.3) is 11.1 Å². The van der Waals surface area contributed by atoms with E-state index >= 15 is 0 Å². The first kappa shape index (κ1) is 17.0. The molecule has 1 aliphatic heterocycles. The Morgan fingerprint density at radius 2 is 1.54 bits per heavy atom. The summed E-state index contributed by atoms with van der Waals surface area (Å²) in [5, 5.41) is 0. The lowest BCUT2D eigenvalue weighted by atomic mass is 10.3. The van der Waals surface area contributed by atoms with Gasteiger partial charge in [0.1, 0.15) is 0 Å². The molecule has 1 aromatic heterocycles. The van der Waals surface area contributed by atoms with E-state index in [-0.39, 0.29) is 0 Å². The van der Waals surface area contributed by atoms with Crippen LogP contribution in [-0.2, 0) is 16.7 Å². The molecule has 136 valence electrons. The molecule has 1 saturated heterocycles. The summed E-state index contributed by atoms with van der Waals surface area (Å²) in [5.74, 6) is -0.398. The van der Waals surface area contributed by atoms with Crippen molar-refractivity contribution in [2.45, 2.75) is 11.6 Å². The molecule has 0 unspecified atom stereocenters. The molecule has 8 heteroatoms. The van der Waals surface area contributed by atoms with Crippen LogP contribution in [-0.4, -0.2) is 48.4 Å². The van der Waals surface area contributed by atoms with Crippen molar-refractivity contribution in [3.63, 3.8) is 0 Å². The second-order valence-corrected chi connectivity index (χ2v) is 8.18. The topological polar surface area (TPSA) is 75.8 Å². The van der Waals surface area contributed by atoms with Crippen molar-refractivity contribution in [1.82, 2.24) is 13.8 Å². The van der Waals surface area contributed by atoms with E-state index in [4.69, 9.17) is 4.42 Å². The number of aromatic nitrogens is 1. The fourth-order valence-electron chi connectivity index (χ4n) is 3.20. The predicted molar refractivity (Wildman–Crippen MR) is 97.2 cm³/mol. The monoisotopic (exact) mass is 373 g/mol. The summed E-state index contributed by atoms with van der Waals surface area (Å²) in [6.45, 7) is 2.27. The number of sulfonamides is 1. The summed E-state index contributed by atoms with van der Waals surface area (Å²) in [7, 11) is -3.47. The maximum Gasteiger partial charge on any atom is 0.421 e. The van der Waals surface area contributed by atoms with Crippen molar-refractivity contribution in [3.05, 3.63) is 65.1 Å². The first-order chi connectivity index (χ1) is 12.6. The standard InChI is InChI=1S/C18H19N3O4S/c22-18-21(16-8-4-5-9-17(16)25-18)14-19-10-12-20(13-11-19)26(23,24)15-6-2-1-3-7-15/h1-9H,10-14H2. The van der Waals surface area contributed by atoms with Crippen LogP contribution in [0.2, 0.25) is 0 Å². The SMILES string of the molecule is O=c1oc2ccccc2n1CN1CCN(S(=O)(=O)c2ccccc2)CC1. The third-order valence-electron chi connectivity index (χ3n) is 4.63. The second kappa shape index (κ2) is 6.71. The zero-order valence-electron chi connectivity index (χ0n) is 14.1. The van der Waals surface area contributed by atoms with E-state index in [0.29, 0.717) is 43.3 Å². The Morgan fingerprint density at radius 3 is 2.27 bits per heavy atom. The van der Waals surface area contributed by atoms with Crippen LogP contribution in [0, 0.1) is 0 Å². The Hall–Kier alpha value is -2.42. The van der Waals surface area contributed by atoms with Gasteiger partial charge in [-0.05, 0) is 24.3 Å². The first-order valence-corrected chi connectivity index (χ1v) is 9.86. The highest BCUT2D eigenvalue weighted by Gasteiger charge is 2.28. The van der Waals surface area contributed by atoms with Gasteiger partial charge in [-0.2, -0.15) is 4.31 Å². The van der Waals surface area contributed by atoms with Crippen molar-refractivity contribution in [2.75, 3.05) is 26.2 Å². The quantitative estimate of drug-likeness (QED) is 0.694. The molecule has 0 saturated carbocycles. The Kier molecular flexibility index (Phi) is 4.39. The van der Waals surface area contributed by atoms with Gasteiger partial charge in [0.25, 0.3) is 0 Å². The summed E-state index contributed by atoms with van der Waals surface area (Å²) in [6, 6.07) is 15.7. The molecular formula is C18H19N3O4S. The minimum absolute atomic E-state index is 0.311. The van der Waals surface area contributed by atoms with Crippen LogP contribution in [0.15, 0.2) is 68.7 Å². The molecule has 26 heavy (non-hydrogen) atoms. The van der Waals surface area contributed by atoms with Gasteiger partial charge in [0.05, 0.1) is 17.1 Å². The molecule has 3 aromatic rings. The maximum atomic E-state index is 12.7. The number of oxazole rings is 1. The van der Waals surface area contributed by atoms with E-state index in [0.717, 1.165) is 5.52 Å². The van der Waals surface area contributed by atoms with Crippen molar-refractivity contribution >= 4 is 21.1 Å². The molecule has 0 aliphatic carbocycles. The molecular weight excluding hydrogens is 354 g/mol. The van der Waals surface area contributed by atoms with Gasteiger partial charge in [0, 0.05) is 26.2 Å². The summed E-state index contributed by atoms with van der Waals surface area (Å²) in [5.41, 5.74) is 1.31.